The summed E-state index contributed by atoms with van der Waals surface area (Å²) >= 11 is 0. The fourth-order valence-electron chi connectivity index (χ4n) is 4.11. The number of sulfonamides is 1. The summed E-state index contributed by atoms with van der Waals surface area (Å²) in [5, 5.41) is 3.06. The highest BCUT2D eigenvalue weighted by Crippen LogP contribution is 2.43. The fraction of sp³-hybridized carbons (Fsp3) is 0.923. The molecule has 0 unspecified atom stereocenters. The molecule has 2 saturated carbocycles. The predicted octanol–water partition coefficient (Wildman–Crippen LogP) is 0.858. The molecule has 3 atom stereocenters. The van der Waals surface area contributed by atoms with Crippen molar-refractivity contribution < 1.29 is 13.2 Å². The van der Waals surface area contributed by atoms with Gasteiger partial charge in [0.2, 0.25) is 15.9 Å². The number of hydrogen-bond acceptors (Lipinski definition) is 3. The third kappa shape index (κ3) is 2.40. The van der Waals surface area contributed by atoms with Crippen LogP contribution in [0.5, 0.6) is 0 Å². The average Bonchev–Trinajstić information content (AvgIpc) is 3.02. The van der Waals surface area contributed by atoms with Crippen molar-refractivity contribution in [2.24, 2.45) is 5.92 Å². The van der Waals surface area contributed by atoms with Crippen LogP contribution >= 0.6 is 0 Å². The van der Waals surface area contributed by atoms with E-state index in [1.54, 1.807) is 0 Å². The van der Waals surface area contributed by atoms with Crippen molar-refractivity contribution in [1.29, 1.82) is 0 Å². The number of carbonyl (C=O) groups excluding carboxylic acids is 1. The van der Waals surface area contributed by atoms with E-state index in [-0.39, 0.29) is 23.9 Å². The molecular weight excluding hydrogens is 264 g/mol. The van der Waals surface area contributed by atoms with Gasteiger partial charge >= 0.3 is 0 Å². The number of nitrogens with one attached hydrogen (secondary N) is 1. The maximum absolute atomic E-state index is 12.4. The van der Waals surface area contributed by atoms with Gasteiger partial charge in [-0.05, 0) is 38.0 Å². The van der Waals surface area contributed by atoms with Crippen molar-refractivity contribution in [3.63, 3.8) is 0 Å². The summed E-state index contributed by atoms with van der Waals surface area (Å²) in [4.78, 5) is 12.4. The van der Waals surface area contributed by atoms with Crippen LogP contribution in [-0.4, -0.2) is 43.0 Å². The SMILES string of the molecule is CS(=O)(=O)N1[C@H]2CC[C@@H](C2)[C@@H]1C(=O)NC1CCCC1. The zero-order chi connectivity index (χ0) is 13.6. The summed E-state index contributed by atoms with van der Waals surface area (Å²) in [6, 6.07) is -0.137. The molecule has 0 radical (unpaired) electrons. The van der Waals surface area contributed by atoms with E-state index in [4.69, 9.17) is 0 Å². The molecule has 2 bridgehead atoms. The first-order valence-electron chi connectivity index (χ1n) is 7.25. The van der Waals surface area contributed by atoms with E-state index in [0.717, 1.165) is 44.9 Å². The number of carbonyl (C=O) groups is 1. The van der Waals surface area contributed by atoms with Crippen LogP contribution in [0.15, 0.2) is 0 Å². The Morgan fingerprint density at radius 3 is 2.47 bits per heavy atom. The molecule has 1 heterocycles. The van der Waals surface area contributed by atoms with Gasteiger partial charge in [0.1, 0.15) is 6.04 Å². The van der Waals surface area contributed by atoms with Gasteiger partial charge in [0, 0.05) is 12.1 Å². The van der Waals surface area contributed by atoms with Gasteiger partial charge in [-0.2, -0.15) is 4.31 Å². The molecule has 1 aliphatic heterocycles. The lowest BCUT2D eigenvalue weighted by Gasteiger charge is -2.32. The van der Waals surface area contributed by atoms with Crippen LogP contribution in [0.3, 0.4) is 0 Å². The van der Waals surface area contributed by atoms with Crippen LogP contribution in [-0.2, 0) is 14.8 Å². The molecule has 6 heteroatoms. The minimum atomic E-state index is -3.29. The number of hydrogen-bond donors (Lipinski definition) is 1. The lowest BCUT2D eigenvalue weighted by atomic mass is 9.99. The Kier molecular flexibility index (Phi) is 3.33. The third-order valence-electron chi connectivity index (χ3n) is 4.88. The predicted molar refractivity (Wildman–Crippen MR) is 72.0 cm³/mol. The van der Waals surface area contributed by atoms with E-state index in [2.05, 4.69) is 5.32 Å². The quantitative estimate of drug-likeness (QED) is 0.836. The number of rotatable bonds is 3. The minimum Gasteiger partial charge on any atom is -0.352 e. The van der Waals surface area contributed by atoms with Crippen LogP contribution in [0, 0.1) is 5.92 Å². The summed E-state index contributed by atoms with van der Waals surface area (Å²) in [6.07, 6.45) is 8.37. The second-order valence-electron chi connectivity index (χ2n) is 6.25. The number of amides is 1. The summed E-state index contributed by atoms with van der Waals surface area (Å²) in [5.74, 6) is 0.158. The summed E-state index contributed by atoms with van der Waals surface area (Å²) in [5.41, 5.74) is 0. The Bertz CT molecular complexity index is 470. The topological polar surface area (TPSA) is 66.5 Å². The molecule has 1 saturated heterocycles. The highest BCUT2D eigenvalue weighted by molar-refractivity contribution is 7.88. The van der Waals surface area contributed by atoms with Crippen molar-refractivity contribution in [2.45, 2.75) is 63.1 Å². The Hall–Kier alpha value is -0.620. The average molecular weight is 286 g/mol. The second-order valence-corrected chi connectivity index (χ2v) is 8.14. The van der Waals surface area contributed by atoms with Crippen LogP contribution in [0.25, 0.3) is 0 Å². The van der Waals surface area contributed by atoms with E-state index >= 15 is 0 Å². The Balaban J connectivity index is 1.76. The molecule has 19 heavy (non-hydrogen) atoms. The van der Waals surface area contributed by atoms with Crippen LogP contribution in [0.4, 0.5) is 0 Å². The lowest BCUT2D eigenvalue weighted by molar-refractivity contribution is -0.126. The van der Waals surface area contributed by atoms with E-state index < -0.39 is 16.1 Å². The smallest absolute Gasteiger partial charge is 0.238 e. The molecule has 108 valence electrons. The number of nitrogens with zero attached hydrogens (tertiary/aromatic N) is 1. The molecule has 0 aromatic rings. The largest absolute Gasteiger partial charge is 0.352 e. The van der Waals surface area contributed by atoms with Gasteiger partial charge < -0.3 is 5.32 Å². The van der Waals surface area contributed by atoms with Crippen LogP contribution in [0.1, 0.15) is 44.9 Å². The van der Waals surface area contributed by atoms with Gasteiger partial charge in [0.25, 0.3) is 0 Å². The Labute approximate surface area is 114 Å². The van der Waals surface area contributed by atoms with Crippen LogP contribution in [0.2, 0.25) is 0 Å². The van der Waals surface area contributed by atoms with Gasteiger partial charge in [0.15, 0.2) is 0 Å². The van der Waals surface area contributed by atoms with Gasteiger partial charge in [-0.25, -0.2) is 8.42 Å². The maximum Gasteiger partial charge on any atom is 0.238 e. The zero-order valence-electron chi connectivity index (χ0n) is 11.3. The van der Waals surface area contributed by atoms with Crippen molar-refractivity contribution in [3.8, 4) is 0 Å². The fourth-order valence-corrected chi connectivity index (χ4v) is 5.52. The maximum atomic E-state index is 12.4. The molecular formula is C13H22N2O3S. The van der Waals surface area contributed by atoms with Gasteiger partial charge in [0.05, 0.1) is 6.26 Å². The standard InChI is InChI=1S/C13H22N2O3S/c1-19(17,18)15-11-7-6-9(8-11)12(15)13(16)14-10-4-2-3-5-10/h9-12H,2-8H2,1H3,(H,14,16)/t9-,11-,12+/m0/s1. The third-order valence-corrected chi connectivity index (χ3v) is 6.17. The lowest BCUT2D eigenvalue weighted by Crippen LogP contribution is -2.53. The van der Waals surface area contributed by atoms with Crippen LogP contribution < -0.4 is 5.32 Å². The minimum absolute atomic E-state index is 0.0549. The van der Waals surface area contributed by atoms with Crippen molar-refractivity contribution in [1.82, 2.24) is 9.62 Å². The number of piperidine rings is 1. The molecule has 1 N–H and O–H groups in total. The first-order chi connectivity index (χ1) is 8.97. The van der Waals surface area contributed by atoms with E-state index in [0.29, 0.717) is 0 Å². The molecule has 2 aliphatic carbocycles. The molecule has 0 aromatic heterocycles. The number of fused-ring (bicyclic) bond motifs is 2. The Morgan fingerprint density at radius 2 is 1.84 bits per heavy atom. The molecule has 0 spiro atoms. The monoisotopic (exact) mass is 286 g/mol. The van der Waals surface area contributed by atoms with Crippen molar-refractivity contribution >= 4 is 15.9 Å². The highest BCUT2D eigenvalue weighted by atomic mass is 32.2. The van der Waals surface area contributed by atoms with Gasteiger partial charge in [-0.15, -0.1) is 0 Å². The van der Waals surface area contributed by atoms with Crippen molar-refractivity contribution in [2.75, 3.05) is 6.26 Å². The summed E-state index contributed by atoms with van der Waals surface area (Å²) in [6.45, 7) is 0. The van der Waals surface area contributed by atoms with Crippen molar-refractivity contribution in [3.05, 3.63) is 0 Å². The normalized spacial score (nSPS) is 35.9. The van der Waals surface area contributed by atoms with E-state index in [1.807, 2.05) is 0 Å². The molecule has 3 fully saturated rings. The zero-order valence-corrected chi connectivity index (χ0v) is 12.2. The molecule has 1 amide bonds. The molecule has 3 rings (SSSR count). The first kappa shape index (κ1) is 13.4. The first-order valence-corrected chi connectivity index (χ1v) is 9.10. The van der Waals surface area contributed by atoms with E-state index in [1.165, 1.54) is 10.6 Å². The van der Waals surface area contributed by atoms with Gasteiger partial charge in [-0.3, -0.25) is 4.79 Å². The molecule has 3 aliphatic rings. The molecule has 0 aromatic carbocycles. The molecule has 5 nitrogen and oxygen atoms in total. The second kappa shape index (κ2) is 4.74. The summed E-state index contributed by atoms with van der Waals surface area (Å²) in [7, 11) is -3.29. The van der Waals surface area contributed by atoms with Gasteiger partial charge in [-0.1, -0.05) is 12.8 Å². The summed E-state index contributed by atoms with van der Waals surface area (Å²) < 4.78 is 25.3. The highest BCUT2D eigenvalue weighted by Gasteiger charge is 2.53. The van der Waals surface area contributed by atoms with E-state index in [9.17, 15) is 13.2 Å². The Morgan fingerprint density at radius 1 is 1.16 bits per heavy atom.